The van der Waals surface area contributed by atoms with E-state index in [4.69, 9.17) is 9.73 Å². The molecule has 1 unspecified atom stereocenters. The molecule has 6 nitrogen and oxygen atoms in total. The van der Waals surface area contributed by atoms with E-state index in [1.54, 1.807) is 25.3 Å². The van der Waals surface area contributed by atoms with E-state index in [1.165, 1.54) is 12.1 Å². The summed E-state index contributed by atoms with van der Waals surface area (Å²) in [7, 11) is 0. The Morgan fingerprint density at radius 1 is 1.16 bits per heavy atom. The van der Waals surface area contributed by atoms with E-state index >= 15 is 0 Å². The molecule has 0 saturated heterocycles. The van der Waals surface area contributed by atoms with Gasteiger partial charge in [0.15, 0.2) is 11.7 Å². The highest BCUT2D eigenvalue weighted by molar-refractivity contribution is 6.01. The number of allylic oxidation sites excluding steroid dienone is 1. The maximum Gasteiger partial charge on any atom is 0.338 e. The molecule has 0 amide bonds. The number of nitrogens with zero attached hydrogens (tertiary/aromatic N) is 3. The van der Waals surface area contributed by atoms with Gasteiger partial charge in [0.2, 0.25) is 0 Å². The summed E-state index contributed by atoms with van der Waals surface area (Å²) in [4.78, 5) is 22.0. The second kappa shape index (κ2) is 8.95. The molecule has 0 saturated carbocycles. The largest absolute Gasteiger partial charge is 0.463 e. The number of aliphatic imine (C=N–C) groups is 1. The van der Waals surface area contributed by atoms with Gasteiger partial charge < -0.3 is 14.6 Å². The number of benzene rings is 2. The Morgan fingerprint density at radius 2 is 1.90 bits per heavy atom. The van der Waals surface area contributed by atoms with Crippen LogP contribution >= 0.6 is 0 Å². The van der Waals surface area contributed by atoms with Gasteiger partial charge in [-0.3, -0.25) is 4.99 Å². The van der Waals surface area contributed by atoms with Crippen molar-refractivity contribution in [2.75, 3.05) is 6.61 Å². The van der Waals surface area contributed by atoms with Crippen molar-refractivity contribution in [2.45, 2.75) is 26.4 Å². The maximum absolute atomic E-state index is 13.5. The monoisotopic (exact) mass is 418 g/mol. The first-order chi connectivity index (χ1) is 15.1. The molecule has 31 heavy (non-hydrogen) atoms. The summed E-state index contributed by atoms with van der Waals surface area (Å²) in [6.45, 7) is 4.45. The van der Waals surface area contributed by atoms with E-state index in [9.17, 15) is 9.18 Å². The number of hydrogen-bond donors (Lipinski definition) is 1. The second-order valence-corrected chi connectivity index (χ2v) is 7.18. The fraction of sp³-hybridized carbons (Fsp3) is 0.208. The maximum atomic E-state index is 13.5. The highest BCUT2D eigenvalue weighted by atomic mass is 19.1. The van der Waals surface area contributed by atoms with Crippen molar-refractivity contribution in [1.29, 1.82) is 0 Å². The van der Waals surface area contributed by atoms with Gasteiger partial charge in [-0.2, -0.15) is 0 Å². The molecule has 2 aromatic carbocycles. The van der Waals surface area contributed by atoms with E-state index < -0.39 is 12.0 Å². The highest BCUT2D eigenvalue weighted by Gasteiger charge is 2.31. The lowest BCUT2D eigenvalue weighted by Gasteiger charge is -2.26. The van der Waals surface area contributed by atoms with E-state index in [1.807, 2.05) is 48.0 Å². The van der Waals surface area contributed by atoms with Crippen LogP contribution in [0.1, 0.15) is 36.8 Å². The zero-order valence-corrected chi connectivity index (χ0v) is 17.4. The van der Waals surface area contributed by atoms with E-state index in [-0.39, 0.29) is 12.4 Å². The summed E-state index contributed by atoms with van der Waals surface area (Å²) in [6.07, 6.45) is 3.61. The first-order valence-corrected chi connectivity index (χ1v) is 10.1. The highest BCUT2D eigenvalue weighted by Crippen LogP contribution is 2.32. The molecular weight excluding hydrogens is 395 g/mol. The molecule has 1 aliphatic rings. The molecule has 0 aliphatic carbocycles. The Bertz CT molecular complexity index is 1130. The molecule has 158 valence electrons. The van der Waals surface area contributed by atoms with Crippen LogP contribution in [0.3, 0.4) is 0 Å². The minimum Gasteiger partial charge on any atom is -0.463 e. The molecule has 7 heteroatoms. The number of halogens is 1. The Hall–Kier alpha value is -3.74. The summed E-state index contributed by atoms with van der Waals surface area (Å²) in [5, 5.41) is 3.22. The van der Waals surface area contributed by atoms with Gasteiger partial charge in [-0.15, -0.1) is 0 Å². The van der Waals surface area contributed by atoms with E-state index in [0.717, 1.165) is 5.56 Å². The average molecular weight is 418 g/mol. The van der Waals surface area contributed by atoms with Crippen LogP contribution < -0.4 is 5.32 Å². The van der Waals surface area contributed by atoms with Gasteiger partial charge in [-0.1, -0.05) is 42.5 Å². The van der Waals surface area contributed by atoms with Gasteiger partial charge in [0.05, 0.1) is 12.2 Å². The van der Waals surface area contributed by atoms with Crippen molar-refractivity contribution in [1.82, 2.24) is 14.9 Å². The van der Waals surface area contributed by atoms with E-state index in [2.05, 4.69) is 10.3 Å². The van der Waals surface area contributed by atoms with Crippen molar-refractivity contribution >= 4 is 11.8 Å². The Kier molecular flexibility index (Phi) is 5.93. The molecular formula is C24H23FN4O2. The zero-order chi connectivity index (χ0) is 21.8. The van der Waals surface area contributed by atoms with Crippen molar-refractivity contribution in [2.24, 2.45) is 4.99 Å². The van der Waals surface area contributed by atoms with Crippen molar-refractivity contribution in [3.8, 4) is 0 Å². The number of amidine groups is 1. The standard InChI is InChI=1S/C24H23FN4O2/c1-3-31-24(30)20-16(2)27-22(28-21(20)18-9-11-19(25)12-10-18)23-26-13-14-29(23)15-17-7-5-4-6-8-17/h4-14,21H,3,15H2,1-2H3,(H,27,28). The number of esters is 1. The Balaban J connectivity index is 1.73. The van der Waals surface area contributed by atoms with Crippen LogP contribution in [0.4, 0.5) is 4.39 Å². The average Bonchev–Trinajstić information content (AvgIpc) is 3.22. The molecule has 1 atom stereocenters. The molecule has 2 heterocycles. The van der Waals surface area contributed by atoms with Crippen molar-refractivity contribution in [3.05, 3.63) is 101 Å². The van der Waals surface area contributed by atoms with Crippen LogP contribution in [0, 0.1) is 5.82 Å². The summed E-state index contributed by atoms with van der Waals surface area (Å²) >= 11 is 0. The molecule has 0 fully saturated rings. The fourth-order valence-electron chi connectivity index (χ4n) is 3.58. The normalized spacial score (nSPS) is 16.0. The predicted octanol–water partition coefficient (Wildman–Crippen LogP) is 4.00. The van der Waals surface area contributed by atoms with Crippen LogP contribution in [-0.2, 0) is 16.1 Å². The number of carbonyl (C=O) groups is 1. The summed E-state index contributed by atoms with van der Waals surface area (Å²) < 4.78 is 20.7. The third-order valence-corrected chi connectivity index (χ3v) is 5.05. The summed E-state index contributed by atoms with van der Waals surface area (Å²) in [5.41, 5.74) is 2.86. The van der Waals surface area contributed by atoms with Gasteiger partial charge >= 0.3 is 5.97 Å². The molecule has 3 aromatic rings. The molecule has 0 spiro atoms. The lowest BCUT2D eigenvalue weighted by molar-refractivity contribution is -0.138. The molecule has 4 rings (SSSR count). The topological polar surface area (TPSA) is 68.5 Å². The number of rotatable bonds is 6. The van der Waals surface area contributed by atoms with Crippen molar-refractivity contribution < 1.29 is 13.9 Å². The van der Waals surface area contributed by atoms with Gasteiger partial charge in [0.25, 0.3) is 0 Å². The van der Waals surface area contributed by atoms with Gasteiger partial charge in [-0.05, 0) is 37.1 Å². The minimum atomic E-state index is -0.627. The first-order valence-electron chi connectivity index (χ1n) is 10.1. The fourth-order valence-corrected chi connectivity index (χ4v) is 3.58. The third kappa shape index (κ3) is 4.40. The number of nitrogens with one attached hydrogen (secondary N) is 1. The SMILES string of the molecule is CCOC(=O)C1=C(C)NC(c2nccn2Cc2ccccc2)=NC1c1ccc(F)cc1. The van der Waals surface area contributed by atoms with E-state index in [0.29, 0.717) is 35.0 Å². The van der Waals surface area contributed by atoms with Crippen molar-refractivity contribution in [3.63, 3.8) is 0 Å². The predicted molar refractivity (Wildman–Crippen MR) is 116 cm³/mol. The molecule has 0 bridgehead atoms. The van der Waals surface area contributed by atoms with Crippen LogP contribution in [0.2, 0.25) is 0 Å². The molecule has 1 aromatic heterocycles. The van der Waals surface area contributed by atoms with Crippen LogP contribution in [0.25, 0.3) is 0 Å². The summed E-state index contributed by atoms with van der Waals surface area (Å²) in [5.74, 6) is 0.398. The molecule has 0 radical (unpaired) electrons. The minimum absolute atomic E-state index is 0.254. The number of hydrogen-bond acceptors (Lipinski definition) is 5. The molecule has 1 N–H and O–H groups in total. The van der Waals surface area contributed by atoms with Crippen LogP contribution in [0.15, 0.2) is 83.3 Å². The smallest absolute Gasteiger partial charge is 0.338 e. The Morgan fingerprint density at radius 3 is 2.61 bits per heavy atom. The Labute approximate surface area is 180 Å². The second-order valence-electron chi connectivity index (χ2n) is 7.18. The van der Waals surface area contributed by atoms with Gasteiger partial charge in [0, 0.05) is 24.6 Å². The number of imidazole rings is 1. The lowest BCUT2D eigenvalue weighted by Crippen LogP contribution is -2.34. The quantitative estimate of drug-likeness (QED) is 0.615. The third-order valence-electron chi connectivity index (χ3n) is 5.05. The number of ether oxygens (including phenoxy) is 1. The number of carbonyl (C=O) groups excluding carboxylic acids is 1. The van der Waals surface area contributed by atoms with Crippen LogP contribution in [0.5, 0.6) is 0 Å². The van der Waals surface area contributed by atoms with Gasteiger partial charge in [0.1, 0.15) is 11.9 Å². The summed E-state index contributed by atoms with van der Waals surface area (Å²) in [6, 6.07) is 15.4. The zero-order valence-electron chi connectivity index (χ0n) is 17.4. The van der Waals surface area contributed by atoms with Gasteiger partial charge in [-0.25, -0.2) is 14.2 Å². The lowest BCUT2D eigenvalue weighted by atomic mass is 9.96. The first kappa shape index (κ1) is 20.5. The van der Waals surface area contributed by atoms with Crippen LogP contribution in [-0.4, -0.2) is 28.0 Å². The molecule has 1 aliphatic heterocycles. The number of aromatic nitrogens is 2.